The van der Waals surface area contributed by atoms with Gasteiger partial charge in [-0.25, -0.2) is 0 Å². The van der Waals surface area contributed by atoms with Crippen LogP contribution in [0.5, 0.6) is 0 Å². The topological polar surface area (TPSA) is 26.3 Å². The van der Waals surface area contributed by atoms with Gasteiger partial charge in [0.2, 0.25) is 0 Å². The Balaban J connectivity index is 1.70. The molecule has 2 heteroatoms. The molecular formula is C18H16O2. The molecule has 1 heterocycles. The summed E-state index contributed by atoms with van der Waals surface area (Å²) in [6.07, 6.45) is -0.0843. The minimum absolute atomic E-state index is 0.0152. The van der Waals surface area contributed by atoms with Crippen LogP contribution in [0.2, 0.25) is 0 Å². The van der Waals surface area contributed by atoms with Crippen LogP contribution in [0.3, 0.4) is 0 Å². The van der Waals surface area contributed by atoms with Crippen molar-refractivity contribution in [3.63, 3.8) is 0 Å². The van der Waals surface area contributed by atoms with Crippen molar-refractivity contribution >= 4 is 5.78 Å². The maximum Gasteiger partial charge on any atom is 0.145 e. The fourth-order valence-corrected chi connectivity index (χ4v) is 3.63. The molecule has 2 bridgehead atoms. The summed E-state index contributed by atoms with van der Waals surface area (Å²) in [5, 5.41) is 0. The monoisotopic (exact) mass is 264 g/mol. The Hall–Kier alpha value is -1.93. The van der Waals surface area contributed by atoms with E-state index in [0.717, 1.165) is 5.56 Å². The van der Waals surface area contributed by atoms with Crippen LogP contribution >= 0.6 is 0 Å². The first-order valence-electron chi connectivity index (χ1n) is 7.11. The predicted molar refractivity (Wildman–Crippen MR) is 76.3 cm³/mol. The highest BCUT2D eigenvalue weighted by Gasteiger charge is 2.57. The summed E-state index contributed by atoms with van der Waals surface area (Å²) < 4.78 is 5.93. The molecular weight excluding hydrogens is 248 g/mol. The van der Waals surface area contributed by atoms with Crippen molar-refractivity contribution in [3.8, 4) is 0 Å². The molecule has 20 heavy (non-hydrogen) atoms. The van der Waals surface area contributed by atoms with Crippen LogP contribution in [0.1, 0.15) is 23.1 Å². The number of carbonyl (C=O) groups excluding carboxylic acids is 1. The molecule has 2 nitrogen and oxygen atoms in total. The normalized spacial score (nSPS) is 31.7. The Morgan fingerprint density at radius 3 is 2.00 bits per heavy atom. The van der Waals surface area contributed by atoms with Crippen LogP contribution in [0.25, 0.3) is 0 Å². The lowest BCUT2D eigenvalue weighted by molar-refractivity contribution is -0.174. The summed E-state index contributed by atoms with van der Waals surface area (Å²) in [6, 6.07) is 20.5. The average Bonchev–Trinajstić information content (AvgIpc) is 2.55. The van der Waals surface area contributed by atoms with Crippen LogP contribution in [0, 0.1) is 11.8 Å². The van der Waals surface area contributed by atoms with Gasteiger partial charge in [-0.15, -0.1) is 0 Å². The number of hydrogen-bond donors (Lipinski definition) is 0. The first-order chi connectivity index (χ1) is 9.86. The quantitative estimate of drug-likeness (QED) is 0.831. The van der Waals surface area contributed by atoms with Gasteiger partial charge in [-0.1, -0.05) is 60.7 Å². The molecule has 4 atom stereocenters. The van der Waals surface area contributed by atoms with Gasteiger partial charge in [-0.2, -0.15) is 0 Å². The van der Waals surface area contributed by atoms with E-state index in [-0.39, 0.29) is 17.9 Å². The molecule has 1 aliphatic heterocycles. The lowest BCUT2D eigenvalue weighted by atomic mass is 9.56. The molecule has 0 spiro atoms. The first-order valence-corrected chi connectivity index (χ1v) is 7.11. The predicted octanol–water partition coefficient (Wildman–Crippen LogP) is 3.36. The van der Waals surface area contributed by atoms with E-state index >= 15 is 0 Å². The molecule has 2 aromatic carbocycles. The van der Waals surface area contributed by atoms with Gasteiger partial charge in [-0.3, -0.25) is 4.79 Å². The molecule has 0 unspecified atom stereocenters. The molecule has 0 amide bonds. The zero-order chi connectivity index (χ0) is 13.5. The van der Waals surface area contributed by atoms with Gasteiger partial charge in [0, 0.05) is 11.8 Å². The summed E-state index contributed by atoms with van der Waals surface area (Å²) in [7, 11) is 0. The molecule has 4 rings (SSSR count). The first kappa shape index (κ1) is 11.9. The Labute approximate surface area is 118 Å². The number of fused-ring (bicyclic) bond motifs is 2. The maximum absolute atomic E-state index is 12.3. The van der Waals surface area contributed by atoms with Gasteiger partial charge >= 0.3 is 0 Å². The highest BCUT2D eigenvalue weighted by atomic mass is 16.5. The van der Waals surface area contributed by atoms with Crippen molar-refractivity contribution in [3.05, 3.63) is 71.8 Å². The summed E-state index contributed by atoms with van der Waals surface area (Å²) in [5.74, 6) is 0.738. The van der Waals surface area contributed by atoms with Gasteiger partial charge in [0.15, 0.2) is 0 Å². The number of benzene rings is 2. The van der Waals surface area contributed by atoms with E-state index in [1.807, 2.05) is 36.4 Å². The molecule has 0 aromatic heterocycles. The second-order valence-electron chi connectivity index (χ2n) is 5.64. The molecule has 1 aliphatic carbocycles. The molecule has 2 fully saturated rings. The number of ether oxygens (including phenoxy) is 1. The zero-order valence-corrected chi connectivity index (χ0v) is 11.1. The summed E-state index contributed by atoms with van der Waals surface area (Å²) in [4.78, 5) is 12.3. The van der Waals surface area contributed by atoms with Crippen LogP contribution in [0.15, 0.2) is 60.7 Å². The third-order valence-corrected chi connectivity index (χ3v) is 4.61. The Morgan fingerprint density at radius 1 is 0.800 bits per heavy atom. The van der Waals surface area contributed by atoms with Crippen molar-refractivity contribution in [2.45, 2.75) is 12.0 Å². The van der Waals surface area contributed by atoms with E-state index in [9.17, 15) is 4.79 Å². The fourth-order valence-electron chi connectivity index (χ4n) is 3.63. The van der Waals surface area contributed by atoms with Crippen molar-refractivity contribution in [2.24, 2.45) is 11.8 Å². The van der Waals surface area contributed by atoms with Crippen molar-refractivity contribution in [1.29, 1.82) is 0 Å². The van der Waals surface area contributed by atoms with Crippen molar-refractivity contribution < 1.29 is 9.53 Å². The second kappa shape index (κ2) is 4.57. The lowest BCUT2D eigenvalue weighted by Gasteiger charge is -2.51. The second-order valence-corrected chi connectivity index (χ2v) is 5.64. The largest absolute Gasteiger partial charge is 0.372 e. The highest BCUT2D eigenvalue weighted by molar-refractivity contribution is 5.93. The third-order valence-electron chi connectivity index (χ3n) is 4.61. The van der Waals surface area contributed by atoms with E-state index in [1.165, 1.54) is 5.56 Å². The molecule has 1 saturated heterocycles. The van der Waals surface area contributed by atoms with Gasteiger partial charge in [0.25, 0.3) is 0 Å². The molecule has 0 radical (unpaired) electrons. The van der Waals surface area contributed by atoms with E-state index in [1.54, 1.807) is 0 Å². The summed E-state index contributed by atoms with van der Waals surface area (Å²) in [6.45, 7) is 0.550. The Morgan fingerprint density at radius 2 is 1.40 bits per heavy atom. The smallest absolute Gasteiger partial charge is 0.145 e. The van der Waals surface area contributed by atoms with E-state index in [0.29, 0.717) is 18.3 Å². The number of Topliss-reactive ketones (excluding diaryl/α,β-unsaturated/α-hetero) is 1. The number of ketones is 1. The molecule has 2 aliphatic rings. The summed E-state index contributed by atoms with van der Waals surface area (Å²) >= 11 is 0. The fraction of sp³-hybridized carbons (Fsp3) is 0.278. The van der Waals surface area contributed by atoms with Crippen molar-refractivity contribution in [1.82, 2.24) is 0 Å². The van der Waals surface area contributed by atoms with Crippen LogP contribution in [-0.2, 0) is 9.53 Å². The Bertz CT molecular complexity index is 579. The molecule has 1 saturated carbocycles. The molecule has 2 aromatic rings. The van der Waals surface area contributed by atoms with Gasteiger partial charge < -0.3 is 4.74 Å². The van der Waals surface area contributed by atoms with Crippen molar-refractivity contribution in [2.75, 3.05) is 6.61 Å². The van der Waals surface area contributed by atoms with E-state index in [2.05, 4.69) is 24.3 Å². The van der Waals surface area contributed by atoms with Gasteiger partial charge in [-0.05, 0) is 11.1 Å². The Kier molecular flexibility index (Phi) is 2.71. The zero-order valence-electron chi connectivity index (χ0n) is 11.1. The van der Waals surface area contributed by atoms with E-state index < -0.39 is 0 Å². The third kappa shape index (κ3) is 1.65. The number of carbonyl (C=O) groups is 1. The molecule has 0 N–H and O–H groups in total. The standard InChI is InChI=1S/C18H16O2/c19-17-14-11-20-18(13-9-5-2-6-10-13)16(17)15(14)12-7-3-1-4-8-12/h1-10,14-16,18H,11H2/t14-,15-,16+,18+/m1/s1. The average molecular weight is 264 g/mol. The number of rotatable bonds is 2. The molecule has 100 valence electrons. The van der Waals surface area contributed by atoms with Gasteiger partial charge in [0.05, 0.1) is 18.6 Å². The van der Waals surface area contributed by atoms with Crippen LogP contribution in [0.4, 0.5) is 0 Å². The van der Waals surface area contributed by atoms with Crippen LogP contribution in [-0.4, -0.2) is 12.4 Å². The number of hydrogen-bond acceptors (Lipinski definition) is 2. The highest BCUT2D eigenvalue weighted by Crippen LogP contribution is 2.55. The SMILES string of the molecule is O=C1[C@@H]2[C@H](c3ccccc3)[C@H]1CO[C@H]2c1ccccc1. The maximum atomic E-state index is 12.3. The van der Waals surface area contributed by atoms with Gasteiger partial charge in [0.1, 0.15) is 5.78 Å². The minimum atomic E-state index is -0.0843. The van der Waals surface area contributed by atoms with Crippen LogP contribution < -0.4 is 0 Å². The minimum Gasteiger partial charge on any atom is -0.372 e. The lowest BCUT2D eigenvalue weighted by Crippen LogP contribution is -2.55. The summed E-state index contributed by atoms with van der Waals surface area (Å²) in [5.41, 5.74) is 2.39. The van der Waals surface area contributed by atoms with E-state index in [4.69, 9.17) is 4.74 Å².